The van der Waals surface area contributed by atoms with Gasteiger partial charge >= 0.3 is 0 Å². The van der Waals surface area contributed by atoms with Crippen LogP contribution >= 0.6 is 0 Å². The van der Waals surface area contributed by atoms with Crippen molar-refractivity contribution in [3.05, 3.63) is 12.4 Å². The second-order valence-corrected chi connectivity index (χ2v) is 4.45. The minimum atomic E-state index is 0.363. The summed E-state index contributed by atoms with van der Waals surface area (Å²) in [5.74, 6) is 1.56. The molecule has 0 aliphatic heterocycles. The molecule has 1 aromatic rings. The van der Waals surface area contributed by atoms with Crippen LogP contribution in [0.2, 0.25) is 0 Å². The van der Waals surface area contributed by atoms with E-state index in [4.69, 9.17) is 4.74 Å². The Labute approximate surface area is 98.0 Å². The van der Waals surface area contributed by atoms with Crippen molar-refractivity contribution in [2.45, 2.75) is 33.2 Å². The molecular weight excluding hydrogens is 202 g/mol. The molecule has 4 nitrogen and oxygen atoms in total. The quantitative estimate of drug-likeness (QED) is 0.775. The van der Waals surface area contributed by atoms with Crippen molar-refractivity contribution in [1.29, 1.82) is 0 Å². The number of ether oxygens (including phenoxy) is 1. The van der Waals surface area contributed by atoms with E-state index >= 15 is 0 Å². The summed E-state index contributed by atoms with van der Waals surface area (Å²) in [6, 6.07) is 0.363. The molecule has 0 aromatic carbocycles. The third-order valence-electron chi connectivity index (χ3n) is 2.56. The first-order chi connectivity index (χ1) is 7.69. The second kappa shape index (κ2) is 6.53. The maximum absolute atomic E-state index is 5.22. The van der Waals surface area contributed by atoms with Crippen LogP contribution in [0.1, 0.15) is 33.2 Å². The van der Waals surface area contributed by atoms with Crippen molar-refractivity contribution in [3.8, 4) is 0 Å². The lowest BCUT2D eigenvalue weighted by Crippen LogP contribution is -2.18. The lowest BCUT2D eigenvalue weighted by atomic mass is 10.2. The maximum atomic E-state index is 5.22. The summed E-state index contributed by atoms with van der Waals surface area (Å²) in [5.41, 5.74) is 0. The maximum Gasteiger partial charge on any atom is 0.203 e. The summed E-state index contributed by atoms with van der Waals surface area (Å²) in [4.78, 5) is 4.34. The monoisotopic (exact) mass is 225 g/mol. The summed E-state index contributed by atoms with van der Waals surface area (Å²) in [6.45, 7) is 8.21. The molecule has 1 aromatic heterocycles. The van der Waals surface area contributed by atoms with Crippen LogP contribution in [0.4, 0.5) is 5.95 Å². The van der Waals surface area contributed by atoms with Crippen LogP contribution in [-0.4, -0.2) is 29.8 Å². The molecule has 1 atom stereocenters. The number of rotatable bonds is 7. The summed E-state index contributed by atoms with van der Waals surface area (Å²) >= 11 is 0. The Hall–Kier alpha value is -1.03. The average Bonchev–Trinajstić information content (AvgIpc) is 2.71. The molecular formula is C12H23N3O. The van der Waals surface area contributed by atoms with E-state index in [9.17, 15) is 0 Å². The van der Waals surface area contributed by atoms with E-state index in [2.05, 4.69) is 35.6 Å². The molecule has 0 spiro atoms. The highest BCUT2D eigenvalue weighted by Gasteiger charge is 2.12. The molecule has 1 heterocycles. The lowest BCUT2D eigenvalue weighted by Gasteiger charge is -2.19. The molecule has 1 rings (SSSR count). The number of anilines is 1. The van der Waals surface area contributed by atoms with Crippen LogP contribution in [0.3, 0.4) is 0 Å². The van der Waals surface area contributed by atoms with E-state index in [1.165, 1.54) is 0 Å². The number of nitrogens with zero attached hydrogens (tertiary/aromatic N) is 2. The number of aromatic nitrogens is 2. The predicted octanol–water partition coefficient (Wildman–Crippen LogP) is 2.55. The van der Waals surface area contributed by atoms with Gasteiger partial charge < -0.3 is 14.6 Å². The Morgan fingerprint density at radius 1 is 1.50 bits per heavy atom. The summed E-state index contributed by atoms with van der Waals surface area (Å²) in [6.07, 6.45) is 4.89. The topological polar surface area (TPSA) is 39.1 Å². The van der Waals surface area contributed by atoms with Gasteiger partial charge in [-0.15, -0.1) is 0 Å². The van der Waals surface area contributed by atoms with Crippen molar-refractivity contribution in [3.63, 3.8) is 0 Å². The standard InChI is InChI=1S/C12H23N3O/c1-5-11(9-16-4)15-7-6-13-12(15)14-8-10(2)3/h6-7,10-11H,5,8-9H2,1-4H3,(H,13,14). The average molecular weight is 225 g/mol. The van der Waals surface area contributed by atoms with E-state index in [0.717, 1.165) is 25.5 Å². The van der Waals surface area contributed by atoms with Crippen LogP contribution in [-0.2, 0) is 4.74 Å². The molecule has 16 heavy (non-hydrogen) atoms. The first-order valence-corrected chi connectivity index (χ1v) is 5.94. The lowest BCUT2D eigenvalue weighted by molar-refractivity contribution is 0.154. The van der Waals surface area contributed by atoms with Crippen molar-refractivity contribution in [1.82, 2.24) is 9.55 Å². The van der Waals surface area contributed by atoms with Crippen LogP contribution in [0, 0.1) is 5.92 Å². The second-order valence-electron chi connectivity index (χ2n) is 4.45. The number of methoxy groups -OCH3 is 1. The molecule has 0 fully saturated rings. The smallest absolute Gasteiger partial charge is 0.203 e. The molecule has 0 saturated heterocycles. The number of nitrogens with one attached hydrogen (secondary N) is 1. The van der Waals surface area contributed by atoms with Gasteiger partial charge in [0.05, 0.1) is 12.6 Å². The van der Waals surface area contributed by atoms with Crippen molar-refractivity contribution >= 4 is 5.95 Å². The number of hydrogen-bond acceptors (Lipinski definition) is 3. The third kappa shape index (κ3) is 3.52. The largest absolute Gasteiger partial charge is 0.383 e. The molecule has 0 bridgehead atoms. The molecule has 0 radical (unpaired) electrons. The highest BCUT2D eigenvalue weighted by molar-refractivity contribution is 5.26. The zero-order valence-corrected chi connectivity index (χ0v) is 10.7. The van der Waals surface area contributed by atoms with Crippen LogP contribution in [0.25, 0.3) is 0 Å². The zero-order valence-electron chi connectivity index (χ0n) is 10.7. The van der Waals surface area contributed by atoms with Crippen molar-refractivity contribution < 1.29 is 4.74 Å². The van der Waals surface area contributed by atoms with E-state index in [1.54, 1.807) is 7.11 Å². The number of hydrogen-bond donors (Lipinski definition) is 1. The first kappa shape index (κ1) is 13.0. The van der Waals surface area contributed by atoms with Gasteiger partial charge in [-0.3, -0.25) is 0 Å². The summed E-state index contributed by atoms with van der Waals surface area (Å²) < 4.78 is 7.38. The van der Waals surface area contributed by atoms with Crippen LogP contribution in [0.15, 0.2) is 12.4 Å². The normalized spacial score (nSPS) is 13.1. The van der Waals surface area contributed by atoms with Gasteiger partial charge in [-0.1, -0.05) is 20.8 Å². The Kier molecular flexibility index (Phi) is 5.32. The van der Waals surface area contributed by atoms with E-state index in [0.29, 0.717) is 12.0 Å². The van der Waals surface area contributed by atoms with Gasteiger partial charge in [0.25, 0.3) is 0 Å². The minimum absolute atomic E-state index is 0.363. The Morgan fingerprint density at radius 2 is 2.25 bits per heavy atom. The van der Waals surface area contributed by atoms with Crippen molar-refractivity contribution in [2.24, 2.45) is 5.92 Å². The molecule has 0 amide bonds. The predicted molar refractivity (Wildman–Crippen MR) is 66.8 cm³/mol. The minimum Gasteiger partial charge on any atom is -0.383 e. The fourth-order valence-electron chi connectivity index (χ4n) is 1.63. The Balaban J connectivity index is 2.67. The van der Waals surface area contributed by atoms with Crippen LogP contribution < -0.4 is 5.32 Å². The zero-order chi connectivity index (χ0) is 12.0. The van der Waals surface area contributed by atoms with E-state index < -0.39 is 0 Å². The molecule has 1 N–H and O–H groups in total. The highest BCUT2D eigenvalue weighted by atomic mass is 16.5. The van der Waals surface area contributed by atoms with Gasteiger partial charge in [-0.25, -0.2) is 4.98 Å². The van der Waals surface area contributed by atoms with Gasteiger partial charge in [-0.2, -0.15) is 0 Å². The van der Waals surface area contributed by atoms with Gasteiger partial charge in [0.15, 0.2) is 0 Å². The number of imidazole rings is 1. The first-order valence-electron chi connectivity index (χ1n) is 5.94. The highest BCUT2D eigenvalue weighted by Crippen LogP contribution is 2.17. The van der Waals surface area contributed by atoms with Gasteiger partial charge in [0, 0.05) is 26.0 Å². The van der Waals surface area contributed by atoms with E-state index in [-0.39, 0.29) is 0 Å². The molecule has 1 unspecified atom stereocenters. The Morgan fingerprint density at radius 3 is 2.81 bits per heavy atom. The summed E-state index contributed by atoms with van der Waals surface area (Å²) in [7, 11) is 1.74. The molecule has 0 saturated carbocycles. The fourth-order valence-corrected chi connectivity index (χ4v) is 1.63. The Bertz CT molecular complexity index is 296. The third-order valence-corrected chi connectivity index (χ3v) is 2.56. The van der Waals surface area contributed by atoms with Crippen molar-refractivity contribution in [2.75, 3.05) is 25.6 Å². The van der Waals surface area contributed by atoms with E-state index in [1.807, 2.05) is 12.4 Å². The van der Waals surface area contributed by atoms with Gasteiger partial charge in [0.1, 0.15) is 0 Å². The molecule has 0 aliphatic rings. The SMILES string of the molecule is CCC(COC)n1ccnc1NCC(C)C. The van der Waals surface area contributed by atoms with Gasteiger partial charge in [-0.05, 0) is 12.3 Å². The van der Waals surface area contributed by atoms with Crippen LogP contribution in [0.5, 0.6) is 0 Å². The summed E-state index contributed by atoms with van der Waals surface area (Å²) in [5, 5.41) is 3.36. The fraction of sp³-hybridized carbons (Fsp3) is 0.750. The molecule has 92 valence electrons. The van der Waals surface area contributed by atoms with Gasteiger partial charge in [0.2, 0.25) is 5.95 Å². The molecule has 0 aliphatic carbocycles. The molecule has 4 heteroatoms.